The number of benzene rings is 1. The number of methoxy groups -OCH3 is 1. The first-order valence-corrected chi connectivity index (χ1v) is 11.7. The average molecular weight is 435 g/mol. The van der Waals surface area contributed by atoms with Gasteiger partial charge >= 0.3 is 0 Å². The lowest BCUT2D eigenvalue weighted by Gasteiger charge is -2.50. The summed E-state index contributed by atoms with van der Waals surface area (Å²) in [6, 6.07) is 7.90. The summed E-state index contributed by atoms with van der Waals surface area (Å²) >= 11 is 0. The van der Waals surface area contributed by atoms with E-state index in [1.165, 1.54) is 22.9 Å². The molecule has 1 aromatic heterocycles. The van der Waals surface area contributed by atoms with Gasteiger partial charge in [0.15, 0.2) is 0 Å². The molecule has 0 aliphatic heterocycles. The number of carbonyl (C=O) groups excluding carboxylic acids is 1. The molecule has 0 spiro atoms. The van der Waals surface area contributed by atoms with Gasteiger partial charge in [0.2, 0.25) is 0 Å². The summed E-state index contributed by atoms with van der Waals surface area (Å²) in [6.07, 6.45) is 10.9. The highest BCUT2D eigenvalue weighted by Crippen LogP contribution is 2.63. The summed E-state index contributed by atoms with van der Waals surface area (Å²) in [4.78, 5) is 16.6. The maximum Gasteiger partial charge on any atom is 0.251 e. The largest absolute Gasteiger partial charge is 0.383 e. The van der Waals surface area contributed by atoms with Gasteiger partial charge in [-0.1, -0.05) is 19.1 Å². The van der Waals surface area contributed by atoms with E-state index in [9.17, 15) is 9.18 Å². The van der Waals surface area contributed by atoms with Crippen molar-refractivity contribution >= 4 is 11.5 Å². The Kier molecular flexibility index (Phi) is 5.62. The Bertz CT molecular complexity index is 1070. The first kappa shape index (κ1) is 21.3. The Morgan fingerprint density at radius 2 is 2.16 bits per heavy atom. The standard InChI is InChI=1S/C27H31FN2O2/c1-27-10-9-22-21-5-4-18(26(31)30-11-12-32-2)13-17(21)3-6-23(22)25(27)8-7-24(27)19-14-20(28)16-29-15-19/h4-5,7,13-16,22-23,25H,3,6,8-12H2,1-2H3,(H,30,31). The highest BCUT2D eigenvalue weighted by Gasteiger charge is 2.51. The molecule has 0 bridgehead atoms. The zero-order chi connectivity index (χ0) is 22.3. The third kappa shape index (κ3) is 3.57. The number of aromatic nitrogens is 1. The molecular formula is C27H31FN2O2. The van der Waals surface area contributed by atoms with Gasteiger partial charge in [0.1, 0.15) is 5.82 Å². The molecule has 1 N–H and O–H groups in total. The molecule has 4 nitrogen and oxygen atoms in total. The van der Waals surface area contributed by atoms with Gasteiger partial charge in [-0.05, 0) is 95.7 Å². The van der Waals surface area contributed by atoms with Crippen LogP contribution in [0.15, 0.2) is 42.7 Å². The van der Waals surface area contributed by atoms with Gasteiger partial charge in [-0.15, -0.1) is 0 Å². The normalized spacial score (nSPS) is 28.3. The molecule has 1 aromatic carbocycles. The molecule has 5 heteroatoms. The molecule has 3 aliphatic carbocycles. The summed E-state index contributed by atoms with van der Waals surface area (Å²) < 4.78 is 18.9. The highest BCUT2D eigenvalue weighted by molar-refractivity contribution is 5.94. The van der Waals surface area contributed by atoms with E-state index in [-0.39, 0.29) is 17.1 Å². The first-order valence-electron chi connectivity index (χ1n) is 11.7. The molecule has 4 atom stereocenters. The van der Waals surface area contributed by atoms with Crippen molar-refractivity contribution in [2.45, 2.75) is 44.9 Å². The van der Waals surface area contributed by atoms with E-state index in [0.29, 0.717) is 30.9 Å². The van der Waals surface area contributed by atoms with Crippen LogP contribution in [0.25, 0.3) is 5.57 Å². The minimum absolute atomic E-state index is 0.0310. The van der Waals surface area contributed by atoms with Gasteiger partial charge in [0.05, 0.1) is 12.8 Å². The van der Waals surface area contributed by atoms with E-state index in [1.807, 2.05) is 12.3 Å². The molecule has 1 amide bonds. The molecular weight excluding hydrogens is 403 g/mol. The number of hydrogen-bond donors (Lipinski definition) is 1. The summed E-state index contributed by atoms with van der Waals surface area (Å²) in [6.45, 7) is 3.41. The van der Waals surface area contributed by atoms with Crippen molar-refractivity contribution in [3.05, 3.63) is 70.8 Å². The number of allylic oxidation sites excluding steroid dienone is 2. The summed E-state index contributed by atoms with van der Waals surface area (Å²) in [7, 11) is 1.63. The lowest BCUT2D eigenvalue weighted by atomic mass is 9.54. The van der Waals surface area contributed by atoms with Crippen molar-refractivity contribution in [2.24, 2.45) is 17.3 Å². The Morgan fingerprint density at radius 3 is 2.97 bits per heavy atom. The van der Waals surface area contributed by atoms with E-state index in [0.717, 1.165) is 43.2 Å². The molecule has 2 aromatic rings. The lowest BCUT2D eigenvalue weighted by molar-refractivity contribution is 0.0883. The van der Waals surface area contributed by atoms with Gasteiger partial charge in [0.25, 0.3) is 5.91 Å². The molecule has 4 unspecified atom stereocenters. The monoisotopic (exact) mass is 434 g/mol. The molecule has 3 aliphatic rings. The van der Waals surface area contributed by atoms with Crippen molar-refractivity contribution in [1.29, 1.82) is 0 Å². The van der Waals surface area contributed by atoms with Gasteiger partial charge in [-0.25, -0.2) is 4.39 Å². The predicted molar refractivity (Wildman–Crippen MR) is 123 cm³/mol. The van der Waals surface area contributed by atoms with Crippen molar-refractivity contribution in [2.75, 3.05) is 20.3 Å². The molecule has 168 valence electrons. The van der Waals surface area contributed by atoms with Crippen molar-refractivity contribution in [3.63, 3.8) is 0 Å². The lowest BCUT2D eigenvalue weighted by Crippen LogP contribution is -2.41. The Balaban J connectivity index is 1.36. The SMILES string of the molecule is COCCNC(=O)c1ccc2c(c1)CCC1C2CCC2(C)C(c3cncc(F)c3)=CCC12. The third-order valence-corrected chi connectivity index (χ3v) is 8.18. The van der Waals surface area contributed by atoms with Crippen LogP contribution in [-0.4, -0.2) is 31.2 Å². The Labute approximate surface area is 189 Å². The number of nitrogens with zero attached hydrogens (tertiary/aromatic N) is 1. The van der Waals surface area contributed by atoms with Crippen LogP contribution in [0.2, 0.25) is 0 Å². The van der Waals surface area contributed by atoms with Crippen molar-refractivity contribution in [1.82, 2.24) is 10.3 Å². The van der Waals surface area contributed by atoms with Gasteiger partial charge < -0.3 is 10.1 Å². The summed E-state index contributed by atoms with van der Waals surface area (Å²) in [5, 5.41) is 2.92. The number of amides is 1. The quantitative estimate of drug-likeness (QED) is 0.663. The maximum absolute atomic E-state index is 13.9. The van der Waals surface area contributed by atoms with Crippen LogP contribution in [0.4, 0.5) is 4.39 Å². The first-order chi connectivity index (χ1) is 15.5. The average Bonchev–Trinajstić information content (AvgIpc) is 3.16. The summed E-state index contributed by atoms with van der Waals surface area (Å²) in [5.41, 5.74) is 5.79. The number of nitrogens with one attached hydrogen (secondary N) is 1. The minimum atomic E-state index is -0.266. The van der Waals surface area contributed by atoms with E-state index >= 15 is 0 Å². The molecule has 0 radical (unpaired) electrons. The van der Waals surface area contributed by atoms with Crippen LogP contribution in [0.3, 0.4) is 0 Å². The van der Waals surface area contributed by atoms with E-state index in [2.05, 4.69) is 35.4 Å². The van der Waals surface area contributed by atoms with Crippen LogP contribution in [0, 0.1) is 23.1 Å². The number of pyridine rings is 1. The molecule has 0 saturated heterocycles. The zero-order valence-corrected chi connectivity index (χ0v) is 18.9. The number of fused-ring (bicyclic) bond motifs is 5. The van der Waals surface area contributed by atoms with Gasteiger partial charge in [-0.3, -0.25) is 9.78 Å². The molecule has 5 rings (SSSR count). The van der Waals surface area contributed by atoms with E-state index in [1.54, 1.807) is 13.2 Å². The summed E-state index contributed by atoms with van der Waals surface area (Å²) in [5.74, 6) is 1.44. The fourth-order valence-electron chi connectivity index (χ4n) is 6.67. The van der Waals surface area contributed by atoms with Crippen molar-refractivity contribution in [3.8, 4) is 0 Å². The molecule has 1 fully saturated rings. The van der Waals surface area contributed by atoms with Crippen LogP contribution in [0.1, 0.15) is 65.6 Å². The second-order valence-corrected chi connectivity index (χ2v) is 9.78. The third-order valence-electron chi connectivity index (χ3n) is 8.18. The number of ether oxygens (including phenoxy) is 1. The Morgan fingerprint density at radius 1 is 1.28 bits per heavy atom. The molecule has 1 heterocycles. The number of hydrogen-bond acceptors (Lipinski definition) is 3. The van der Waals surface area contributed by atoms with Crippen LogP contribution < -0.4 is 5.32 Å². The van der Waals surface area contributed by atoms with E-state index < -0.39 is 0 Å². The topological polar surface area (TPSA) is 51.2 Å². The predicted octanol–water partition coefficient (Wildman–Crippen LogP) is 5.15. The fourth-order valence-corrected chi connectivity index (χ4v) is 6.67. The second kappa shape index (κ2) is 8.43. The van der Waals surface area contributed by atoms with E-state index in [4.69, 9.17) is 4.74 Å². The number of aryl methyl sites for hydroxylation is 1. The smallest absolute Gasteiger partial charge is 0.251 e. The minimum Gasteiger partial charge on any atom is -0.383 e. The number of rotatable bonds is 5. The van der Waals surface area contributed by atoms with Crippen LogP contribution in [-0.2, 0) is 11.2 Å². The Hall–Kier alpha value is -2.53. The molecule has 32 heavy (non-hydrogen) atoms. The fraction of sp³-hybridized carbons (Fsp3) is 0.481. The molecule has 1 saturated carbocycles. The van der Waals surface area contributed by atoms with Crippen LogP contribution in [0.5, 0.6) is 0 Å². The zero-order valence-electron chi connectivity index (χ0n) is 18.9. The second-order valence-electron chi connectivity index (χ2n) is 9.78. The number of carbonyl (C=O) groups is 1. The van der Waals surface area contributed by atoms with Crippen molar-refractivity contribution < 1.29 is 13.9 Å². The van der Waals surface area contributed by atoms with Gasteiger partial charge in [-0.2, -0.15) is 0 Å². The maximum atomic E-state index is 13.9. The highest BCUT2D eigenvalue weighted by atomic mass is 19.1. The number of halogens is 1. The van der Waals surface area contributed by atoms with Crippen LogP contribution >= 0.6 is 0 Å². The van der Waals surface area contributed by atoms with Gasteiger partial charge in [0, 0.05) is 25.4 Å².